The zero-order chi connectivity index (χ0) is 43.4. The van der Waals surface area contributed by atoms with Crippen LogP contribution in [0, 0.1) is 33.7 Å². The number of hydrogen-bond donors (Lipinski definition) is 4. The quantitative estimate of drug-likeness (QED) is 0.0451. The zero-order valence-corrected chi connectivity index (χ0v) is 35.3. The summed E-state index contributed by atoms with van der Waals surface area (Å²) >= 11 is 7.18. The molecule has 0 fully saturated rings. The maximum atomic E-state index is 14.5. The molecule has 0 bridgehead atoms. The van der Waals surface area contributed by atoms with Crippen LogP contribution in [0.15, 0.2) is 59.6 Å². The highest BCUT2D eigenvalue weighted by molar-refractivity contribution is 7.94. The highest BCUT2D eigenvalue weighted by atomic mass is 35.5. The predicted molar refractivity (Wildman–Crippen MR) is 220 cm³/mol. The van der Waals surface area contributed by atoms with Crippen molar-refractivity contribution in [1.82, 2.24) is 14.3 Å². The molecule has 1 amide bonds. The number of carbonyl (C=O) groups excluding carboxylic acids is 1. The Hall–Kier alpha value is -5.00. The number of amides is 1. The average Bonchev–Trinajstić information content (AvgIpc) is 3.63. The van der Waals surface area contributed by atoms with Crippen LogP contribution in [0.3, 0.4) is 0 Å². The topological polar surface area (TPSA) is 248 Å². The summed E-state index contributed by atoms with van der Waals surface area (Å²) in [5.41, 5.74) is 5.92. The molecule has 1 unspecified atom stereocenters. The number of aliphatic carboxylic acids is 1. The molecule has 0 saturated carbocycles. The Kier molecular flexibility index (Phi) is 17.3. The molecular weight excluding hydrogens is 840 g/mol. The zero-order valence-electron chi connectivity index (χ0n) is 32.0. The first-order valence-corrected chi connectivity index (χ1v) is 22.2. The number of nitro groups is 1. The number of nitrogens with zero attached hydrogens (tertiary/aromatic N) is 5. The lowest BCUT2D eigenvalue weighted by molar-refractivity contribution is -0.383. The Bertz CT molecular complexity index is 2260. The molecule has 3 aromatic carbocycles. The van der Waals surface area contributed by atoms with Crippen molar-refractivity contribution in [3.05, 3.63) is 86.2 Å². The van der Waals surface area contributed by atoms with Gasteiger partial charge in [-0.1, -0.05) is 49.6 Å². The lowest BCUT2D eigenvalue weighted by atomic mass is 9.92. The van der Waals surface area contributed by atoms with Crippen molar-refractivity contribution in [2.75, 3.05) is 55.4 Å². The molecule has 0 saturated heterocycles. The Labute approximate surface area is 345 Å². The second-order valence-electron chi connectivity index (χ2n) is 13.5. The van der Waals surface area contributed by atoms with Gasteiger partial charge >= 0.3 is 5.97 Å². The number of rotatable bonds is 9. The van der Waals surface area contributed by atoms with Crippen LogP contribution in [0.5, 0.6) is 17.2 Å². The molecule has 3 heterocycles. The number of carboxylic acids is 1. The van der Waals surface area contributed by atoms with Gasteiger partial charge in [-0.25, -0.2) is 9.38 Å². The van der Waals surface area contributed by atoms with E-state index in [4.69, 9.17) is 43.2 Å². The molecule has 1 aromatic heterocycles. The first-order valence-electron chi connectivity index (χ1n) is 16.8. The fraction of sp³-hybridized carbons (Fsp3) is 0.333. The standard InChI is InChI=1S/C18H17FN4O2S.C12H9ClN2O3.C3H8NO5P.C3H9S/c1-4-5-22-13-7-12(11(19)6-14(13)25-9-16(22)24)20-17-23-10-18(2,3)8-15(23)21-26-17;13-11-10(18-8-4-2-1-3-5-8)7-6-9(12(11)14)15(16)17;5-3(6)1-4-2-10(7,8)9;1-4(2)3/h1,6-7H,5,8-10H2,2-3H3;1-7H,14H2;4H,1-2H2,(H,5,6)(H2,7,8,9);1-3H3/q;;;+1/p-1. The summed E-state index contributed by atoms with van der Waals surface area (Å²) in [5.74, 6) is 2.61. The highest BCUT2D eigenvalue weighted by Gasteiger charge is 2.31. The van der Waals surface area contributed by atoms with Gasteiger partial charge in [0.15, 0.2) is 12.4 Å². The smallest absolute Gasteiger partial charge is 0.317 e. The second-order valence-corrected chi connectivity index (χ2v) is 18.6. The molecule has 312 valence electrons. The van der Waals surface area contributed by atoms with E-state index in [0.29, 0.717) is 32.9 Å². The molecule has 0 spiro atoms. The number of anilines is 2. The summed E-state index contributed by atoms with van der Waals surface area (Å²) in [4.78, 5) is 56.4. The van der Waals surface area contributed by atoms with Crippen LogP contribution in [0.2, 0.25) is 5.02 Å². The lowest BCUT2D eigenvalue weighted by Crippen LogP contribution is -2.39. The van der Waals surface area contributed by atoms with Crippen LogP contribution in [-0.4, -0.2) is 80.5 Å². The van der Waals surface area contributed by atoms with Crippen LogP contribution in [0.25, 0.3) is 0 Å². The summed E-state index contributed by atoms with van der Waals surface area (Å²) < 4.78 is 41.8. The van der Waals surface area contributed by atoms with Gasteiger partial charge in [0.05, 0.1) is 48.8 Å². The molecule has 4 aromatic rings. The first kappa shape index (κ1) is 47.4. The van der Waals surface area contributed by atoms with Crippen molar-refractivity contribution in [2.45, 2.75) is 26.8 Å². The average molecular weight is 882 g/mol. The van der Waals surface area contributed by atoms with Crippen molar-refractivity contribution < 1.29 is 47.8 Å². The van der Waals surface area contributed by atoms with Gasteiger partial charge in [-0.15, -0.1) is 6.42 Å². The highest BCUT2D eigenvalue weighted by Crippen LogP contribution is 2.39. The van der Waals surface area contributed by atoms with Gasteiger partial charge in [-0.05, 0) is 40.6 Å². The van der Waals surface area contributed by atoms with E-state index in [-0.39, 0.29) is 52.3 Å². The summed E-state index contributed by atoms with van der Waals surface area (Å²) in [6.07, 6.45) is 12.1. The van der Waals surface area contributed by atoms with Crippen molar-refractivity contribution in [2.24, 2.45) is 10.4 Å². The molecule has 0 aliphatic carbocycles. The molecule has 6 rings (SSSR count). The number of carbonyl (C=O) groups is 2. The van der Waals surface area contributed by atoms with E-state index in [1.165, 1.54) is 40.7 Å². The molecule has 1 atom stereocenters. The van der Waals surface area contributed by atoms with Crippen LogP contribution >= 0.6 is 30.7 Å². The van der Waals surface area contributed by atoms with Crippen LogP contribution < -0.4 is 35.1 Å². The van der Waals surface area contributed by atoms with E-state index in [2.05, 4.69) is 47.9 Å². The Morgan fingerprint density at radius 3 is 2.52 bits per heavy atom. The third kappa shape index (κ3) is 14.4. The maximum Gasteiger partial charge on any atom is 0.317 e. The minimum absolute atomic E-state index is 0.0352. The van der Waals surface area contributed by atoms with Crippen LogP contribution in [0.1, 0.15) is 19.7 Å². The fourth-order valence-electron chi connectivity index (χ4n) is 4.97. The number of nitrogens with two attached hydrogens (primary N) is 1. The normalized spacial score (nSPS) is 14.7. The summed E-state index contributed by atoms with van der Waals surface area (Å²) in [5, 5.41) is 20.7. The number of nitrogen functional groups attached to an aromatic ring is 1. The molecule has 5 N–H and O–H groups in total. The van der Waals surface area contributed by atoms with E-state index in [1.54, 1.807) is 24.3 Å². The Morgan fingerprint density at radius 1 is 1.28 bits per heavy atom. The third-order valence-electron chi connectivity index (χ3n) is 7.31. The number of hydrogen-bond acceptors (Lipinski definition) is 13. The molecule has 22 heteroatoms. The van der Waals surface area contributed by atoms with Crippen LogP contribution in [-0.2, 0) is 38.0 Å². The van der Waals surface area contributed by atoms with Gasteiger partial charge < -0.3 is 39.2 Å². The third-order valence-corrected chi connectivity index (χ3v) is 9.10. The van der Waals surface area contributed by atoms with Crippen molar-refractivity contribution in [3.8, 4) is 29.6 Å². The number of aromatic nitrogens is 2. The molecule has 0 radical (unpaired) electrons. The maximum absolute atomic E-state index is 14.5. The second kappa shape index (κ2) is 21.1. The van der Waals surface area contributed by atoms with Gasteiger partial charge in [0.25, 0.3) is 11.6 Å². The fourth-order valence-corrected chi connectivity index (χ4v) is 6.32. The van der Waals surface area contributed by atoms with E-state index in [9.17, 15) is 33.6 Å². The molecule has 2 aliphatic rings. The minimum atomic E-state index is -4.35. The molecule has 17 nitrogen and oxygen atoms in total. The molecular formula is C36H42ClFN7O10PS2. The van der Waals surface area contributed by atoms with Gasteiger partial charge in [-0.3, -0.25) is 29.9 Å². The summed E-state index contributed by atoms with van der Waals surface area (Å²) in [7, 11) is -3.71. The van der Waals surface area contributed by atoms with Crippen LogP contribution in [0.4, 0.5) is 27.1 Å². The van der Waals surface area contributed by atoms with E-state index < -0.39 is 37.1 Å². The monoisotopic (exact) mass is 881 g/mol. The Morgan fingerprint density at radius 2 is 1.93 bits per heavy atom. The number of terminal acetylenes is 1. The van der Waals surface area contributed by atoms with E-state index in [0.717, 1.165) is 18.8 Å². The van der Waals surface area contributed by atoms with E-state index in [1.807, 2.05) is 16.0 Å². The van der Waals surface area contributed by atoms with E-state index >= 15 is 0 Å². The van der Waals surface area contributed by atoms with Gasteiger partial charge in [0.1, 0.15) is 47.1 Å². The number of nitro benzene ring substituents is 1. The van der Waals surface area contributed by atoms with Crippen molar-refractivity contribution in [1.29, 1.82) is 0 Å². The van der Waals surface area contributed by atoms with Crippen molar-refractivity contribution >= 4 is 76.3 Å². The number of nitrogens with one attached hydrogen (secondary N) is 1. The molecule has 58 heavy (non-hydrogen) atoms. The molecule has 2 aliphatic heterocycles. The largest absolute Gasteiger partial charge is 0.778 e. The minimum Gasteiger partial charge on any atom is -0.778 e. The predicted octanol–water partition coefficient (Wildman–Crippen LogP) is 4.54. The summed E-state index contributed by atoms with van der Waals surface area (Å²) in [6, 6.07) is 14.4. The number of carboxylic acid groups (broad SMARTS) is 1. The first-order chi connectivity index (χ1) is 27.1. The van der Waals surface area contributed by atoms with Gasteiger partial charge in [-0.2, -0.15) is 4.37 Å². The van der Waals surface area contributed by atoms with Gasteiger partial charge in [0, 0.05) is 36.6 Å². The number of ether oxygens (including phenoxy) is 2. The lowest BCUT2D eigenvalue weighted by Gasteiger charge is -2.28. The SMILES string of the molecule is C#CCN1C(=O)COc2cc(F)c(N=c3snc4n3CC(C)(C)C4)cc21.C[S+](C)C.Nc1c([N+](=O)[O-])ccc(Oc2ccccc2)c1Cl.O=C(O)CNCP(=O)([O-])O. The van der Waals surface area contributed by atoms with Crippen molar-refractivity contribution in [3.63, 3.8) is 0 Å². The number of fused-ring (bicyclic) bond motifs is 2. The van der Waals surface area contributed by atoms with Gasteiger partial charge in [0.2, 0.25) is 4.80 Å². The number of benzene rings is 3. The summed E-state index contributed by atoms with van der Waals surface area (Å²) in [6.45, 7) is 4.57. The number of para-hydroxylation sites is 1. The number of halogens is 2. The Balaban J connectivity index is 0.000000244.